The topological polar surface area (TPSA) is 90.4 Å². The van der Waals surface area contributed by atoms with Gasteiger partial charge >= 0.3 is 0 Å². The lowest BCUT2D eigenvalue weighted by molar-refractivity contribution is -0.123. The van der Waals surface area contributed by atoms with Gasteiger partial charge in [-0.1, -0.05) is 6.07 Å². The first kappa shape index (κ1) is 13.3. The lowest BCUT2D eigenvalue weighted by Gasteiger charge is -2.12. The van der Waals surface area contributed by atoms with E-state index in [1.165, 1.54) is 0 Å². The highest BCUT2D eigenvalue weighted by Gasteiger charge is 2.09. The molecular formula is C12H19N3O2. The lowest BCUT2D eigenvalue weighted by Crippen LogP contribution is -2.30. The van der Waals surface area contributed by atoms with Crippen LogP contribution in [0.1, 0.15) is 13.3 Å². The van der Waals surface area contributed by atoms with Crippen LogP contribution in [0.5, 0.6) is 5.75 Å². The summed E-state index contributed by atoms with van der Waals surface area (Å²) < 4.78 is 5.38. The number of rotatable bonds is 7. The van der Waals surface area contributed by atoms with Crippen LogP contribution >= 0.6 is 0 Å². The predicted molar refractivity (Wildman–Crippen MR) is 67.9 cm³/mol. The Kier molecular flexibility index (Phi) is 5.29. The fraction of sp³-hybridized carbons (Fsp3) is 0.417. The standard InChI is InChI=1S/C12H19N3O2/c1-9(12(14)16)17-11-5-2-4-10(8-11)15-7-3-6-13/h2,4-5,8-9,15H,3,6-7,13H2,1H3,(H2,14,16). The molecule has 5 nitrogen and oxygen atoms in total. The number of carbonyl (C=O) groups is 1. The Morgan fingerprint density at radius 2 is 2.29 bits per heavy atom. The van der Waals surface area contributed by atoms with Crippen molar-refractivity contribution in [1.29, 1.82) is 0 Å². The summed E-state index contributed by atoms with van der Waals surface area (Å²) in [6, 6.07) is 7.40. The number of benzene rings is 1. The number of carbonyl (C=O) groups excluding carboxylic acids is 1. The first-order chi connectivity index (χ1) is 8.13. The van der Waals surface area contributed by atoms with Gasteiger partial charge in [-0.15, -0.1) is 0 Å². The second-order valence-corrected chi connectivity index (χ2v) is 3.76. The number of ether oxygens (including phenoxy) is 1. The van der Waals surface area contributed by atoms with E-state index in [9.17, 15) is 4.79 Å². The molecule has 0 aliphatic heterocycles. The fourth-order valence-electron chi connectivity index (χ4n) is 1.28. The van der Waals surface area contributed by atoms with Crippen LogP contribution in [-0.4, -0.2) is 25.1 Å². The average molecular weight is 237 g/mol. The molecule has 5 heteroatoms. The minimum atomic E-state index is -0.630. The van der Waals surface area contributed by atoms with E-state index in [0.717, 1.165) is 18.7 Å². The van der Waals surface area contributed by atoms with E-state index in [-0.39, 0.29) is 0 Å². The molecule has 1 aromatic rings. The zero-order valence-electron chi connectivity index (χ0n) is 9.98. The molecule has 0 aromatic heterocycles. The van der Waals surface area contributed by atoms with Gasteiger partial charge in [0.15, 0.2) is 6.10 Å². The van der Waals surface area contributed by atoms with E-state index in [4.69, 9.17) is 16.2 Å². The van der Waals surface area contributed by atoms with E-state index in [1.807, 2.05) is 18.2 Å². The van der Waals surface area contributed by atoms with Gasteiger partial charge in [0, 0.05) is 18.3 Å². The average Bonchev–Trinajstić information content (AvgIpc) is 2.30. The van der Waals surface area contributed by atoms with Crippen LogP contribution in [0.4, 0.5) is 5.69 Å². The maximum atomic E-state index is 10.9. The monoisotopic (exact) mass is 237 g/mol. The molecule has 1 amide bonds. The van der Waals surface area contributed by atoms with Gasteiger partial charge in [-0.3, -0.25) is 4.79 Å². The maximum Gasteiger partial charge on any atom is 0.258 e. The van der Waals surface area contributed by atoms with Crippen molar-refractivity contribution in [2.75, 3.05) is 18.4 Å². The van der Waals surface area contributed by atoms with Crippen LogP contribution in [0.2, 0.25) is 0 Å². The molecule has 0 bridgehead atoms. The van der Waals surface area contributed by atoms with Crippen molar-refractivity contribution in [2.24, 2.45) is 11.5 Å². The largest absolute Gasteiger partial charge is 0.481 e. The van der Waals surface area contributed by atoms with Gasteiger partial charge in [-0.2, -0.15) is 0 Å². The lowest BCUT2D eigenvalue weighted by atomic mass is 10.3. The Balaban J connectivity index is 2.56. The quantitative estimate of drug-likeness (QED) is 0.609. The third kappa shape index (κ3) is 4.74. The highest BCUT2D eigenvalue weighted by Crippen LogP contribution is 2.18. The summed E-state index contributed by atoms with van der Waals surface area (Å²) in [6.07, 6.45) is 0.275. The van der Waals surface area contributed by atoms with Gasteiger partial charge in [0.25, 0.3) is 5.91 Å². The molecule has 0 aliphatic carbocycles. The molecule has 5 N–H and O–H groups in total. The van der Waals surface area contributed by atoms with Crippen molar-refractivity contribution in [2.45, 2.75) is 19.4 Å². The summed E-state index contributed by atoms with van der Waals surface area (Å²) in [5.41, 5.74) is 11.5. The highest BCUT2D eigenvalue weighted by molar-refractivity contribution is 5.78. The number of amides is 1. The van der Waals surface area contributed by atoms with Crippen molar-refractivity contribution < 1.29 is 9.53 Å². The summed E-state index contributed by atoms with van der Waals surface area (Å²) in [6.45, 7) is 3.09. The fourth-order valence-corrected chi connectivity index (χ4v) is 1.28. The first-order valence-electron chi connectivity index (χ1n) is 5.63. The third-order valence-electron chi connectivity index (χ3n) is 2.26. The van der Waals surface area contributed by atoms with Crippen LogP contribution in [0.3, 0.4) is 0 Å². The van der Waals surface area contributed by atoms with Gasteiger partial charge in [0.1, 0.15) is 5.75 Å². The van der Waals surface area contributed by atoms with E-state index < -0.39 is 12.0 Å². The number of anilines is 1. The van der Waals surface area contributed by atoms with Gasteiger partial charge in [-0.05, 0) is 32.0 Å². The third-order valence-corrected chi connectivity index (χ3v) is 2.26. The van der Waals surface area contributed by atoms with E-state index >= 15 is 0 Å². The zero-order chi connectivity index (χ0) is 12.7. The number of primary amides is 1. The number of nitrogens with one attached hydrogen (secondary N) is 1. The minimum Gasteiger partial charge on any atom is -0.481 e. The molecule has 0 saturated carbocycles. The summed E-state index contributed by atoms with van der Waals surface area (Å²) in [4.78, 5) is 10.9. The smallest absolute Gasteiger partial charge is 0.258 e. The van der Waals surface area contributed by atoms with Crippen LogP contribution < -0.4 is 21.5 Å². The predicted octanol–water partition coefficient (Wildman–Crippen LogP) is 0.700. The van der Waals surface area contributed by atoms with Gasteiger partial charge in [-0.25, -0.2) is 0 Å². The van der Waals surface area contributed by atoms with Crippen LogP contribution in [0, 0.1) is 0 Å². The Hall–Kier alpha value is -1.75. The van der Waals surface area contributed by atoms with Crippen LogP contribution in [-0.2, 0) is 4.79 Å². The molecule has 1 unspecified atom stereocenters. The number of nitrogens with two attached hydrogens (primary N) is 2. The van der Waals surface area contributed by atoms with Crippen molar-refractivity contribution in [1.82, 2.24) is 0 Å². The molecule has 94 valence electrons. The van der Waals surface area contributed by atoms with E-state index in [1.54, 1.807) is 13.0 Å². The Morgan fingerprint density at radius 1 is 1.53 bits per heavy atom. The van der Waals surface area contributed by atoms with E-state index in [2.05, 4.69) is 5.32 Å². The molecule has 0 aliphatic rings. The van der Waals surface area contributed by atoms with Crippen molar-refractivity contribution in [3.63, 3.8) is 0 Å². The second kappa shape index (κ2) is 6.75. The molecule has 0 heterocycles. The number of hydrogen-bond acceptors (Lipinski definition) is 4. The number of hydrogen-bond donors (Lipinski definition) is 3. The van der Waals surface area contributed by atoms with Crippen LogP contribution in [0.25, 0.3) is 0 Å². The highest BCUT2D eigenvalue weighted by atomic mass is 16.5. The van der Waals surface area contributed by atoms with Crippen LogP contribution in [0.15, 0.2) is 24.3 Å². The molecule has 1 aromatic carbocycles. The molecule has 0 spiro atoms. The van der Waals surface area contributed by atoms with E-state index in [0.29, 0.717) is 12.3 Å². The van der Waals surface area contributed by atoms with Gasteiger partial charge < -0.3 is 21.5 Å². The van der Waals surface area contributed by atoms with Gasteiger partial charge in [0.05, 0.1) is 0 Å². The SMILES string of the molecule is CC(Oc1cccc(NCCCN)c1)C(N)=O. The Bertz CT molecular complexity index is 369. The maximum absolute atomic E-state index is 10.9. The molecule has 1 atom stereocenters. The molecule has 0 radical (unpaired) electrons. The van der Waals surface area contributed by atoms with Crippen molar-refractivity contribution >= 4 is 11.6 Å². The Morgan fingerprint density at radius 3 is 2.94 bits per heavy atom. The van der Waals surface area contributed by atoms with Gasteiger partial charge in [0.2, 0.25) is 0 Å². The summed E-state index contributed by atoms with van der Waals surface area (Å²) >= 11 is 0. The summed E-state index contributed by atoms with van der Waals surface area (Å²) in [7, 11) is 0. The summed E-state index contributed by atoms with van der Waals surface area (Å²) in [5, 5.41) is 3.21. The molecular weight excluding hydrogens is 218 g/mol. The molecule has 0 saturated heterocycles. The first-order valence-corrected chi connectivity index (χ1v) is 5.63. The second-order valence-electron chi connectivity index (χ2n) is 3.76. The summed E-state index contributed by atoms with van der Waals surface area (Å²) in [5.74, 6) is 0.139. The zero-order valence-corrected chi connectivity index (χ0v) is 9.98. The molecule has 1 rings (SSSR count). The van der Waals surface area contributed by atoms with Crippen molar-refractivity contribution in [3.05, 3.63) is 24.3 Å². The minimum absolute atomic E-state index is 0.480. The molecule has 0 fully saturated rings. The normalized spacial score (nSPS) is 11.9. The molecule has 17 heavy (non-hydrogen) atoms. The Labute approximate surface area is 101 Å². The van der Waals surface area contributed by atoms with Crippen molar-refractivity contribution in [3.8, 4) is 5.75 Å².